The van der Waals surface area contributed by atoms with Gasteiger partial charge >= 0.3 is 0 Å². The van der Waals surface area contributed by atoms with Crippen LogP contribution < -0.4 is 0 Å². The smallest absolute Gasteiger partial charge is 0.196 e. The molecule has 0 saturated heterocycles. The van der Waals surface area contributed by atoms with Crippen LogP contribution in [0.4, 0.5) is 8.78 Å². The molecular weight excluding hydrogens is 282 g/mol. The second kappa shape index (κ2) is 6.14. The number of benzene rings is 2. The van der Waals surface area contributed by atoms with Crippen LogP contribution in [0, 0.1) is 11.6 Å². The lowest BCUT2D eigenvalue weighted by Gasteiger charge is -2.06. The predicted molar refractivity (Wildman–Crippen MR) is 75.2 cm³/mol. The van der Waals surface area contributed by atoms with E-state index >= 15 is 0 Å². The third-order valence-electron chi connectivity index (χ3n) is 2.98. The molecular formula is C16H13ClF2O. The zero-order chi connectivity index (χ0) is 14.7. The number of carbonyl (C=O) groups excluding carboxylic acids is 1. The van der Waals surface area contributed by atoms with Gasteiger partial charge in [0.1, 0.15) is 11.6 Å². The Morgan fingerprint density at radius 3 is 2.60 bits per heavy atom. The first-order valence-electron chi connectivity index (χ1n) is 6.31. The summed E-state index contributed by atoms with van der Waals surface area (Å²) in [5.74, 6) is -2.17. The van der Waals surface area contributed by atoms with Crippen molar-refractivity contribution in [2.45, 2.75) is 19.8 Å². The van der Waals surface area contributed by atoms with Gasteiger partial charge in [-0.25, -0.2) is 8.78 Å². The van der Waals surface area contributed by atoms with E-state index in [1.165, 1.54) is 0 Å². The average molecular weight is 295 g/mol. The minimum Gasteiger partial charge on any atom is -0.288 e. The third kappa shape index (κ3) is 3.05. The van der Waals surface area contributed by atoms with Crippen LogP contribution in [0.5, 0.6) is 0 Å². The van der Waals surface area contributed by atoms with Gasteiger partial charge in [0.25, 0.3) is 0 Å². The maximum absolute atomic E-state index is 13.7. The molecule has 0 radical (unpaired) electrons. The Bertz CT molecular complexity index is 653. The largest absolute Gasteiger partial charge is 0.288 e. The van der Waals surface area contributed by atoms with Crippen molar-refractivity contribution in [3.05, 3.63) is 69.7 Å². The van der Waals surface area contributed by atoms with E-state index in [0.717, 1.165) is 30.5 Å². The normalized spacial score (nSPS) is 10.6. The number of hydrogen-bond acceptors (Lipinski definition) is 1. The Morgan fingerprint density at radius 2 is 1.90 bits per heavy atom. The van der Waals surface area contributed by atoms with Gasteiger partial charge in [0.15, 0.2) is 5.78 Å². The van der Waals surface area contributed by atoms with Gasteiger partial charge in [-0.3, -0.25) is 4.79 Å². The first-order chi connectivity index (χ1) is 9.52. The van der Waals surface area contributed by atoms with Gasteiger partial charge in [0.05, 0.1) is 10.6 Å². The minimum atomic E-state index is -0.817. The molecule has 0 unspecified atom stereocenters. The molecule has 0 heterocycles. The second-order valence-electron chi connectivity index (χ2n) is 4.53. The molecule has 104 valence electrons. The van der Waals surface area contributed by atoms with Crippen molar-refractivity contribution < 1.29 is 13.6 Å². The number of carbonyl (C=O) groups is 1. The number of ketones is 1. The topological polar surface area (TPSA) is 17.1 Å². The zero-order valence-corrected chi connectivity index (χ0v) is 11.7. The summed E-state index contributed by atoms with van der Waals surface area (Å²) in [7, 11) is 0. The van der Waals surface area contributed by atoms with Crippen LogP contribution in [-0.2, 0) is 6.42 Å². The molecule has 0 aromatic heterocycles. The molecule has 2 aromatic carbocycles. The SMILES string of the molecule is CCCc1cccc(C(=O)c2cc(F)c(Cl)cc2F)c1. The first kappa shape index (κ1) is 14.7. The fraction of sp³-hybridized carbons (Fsp3) is 0.188. The highest BCUT2D eigenvalue weighted by molar-refractivity contribution is 6.30. The number of rotatable bonds is 4. The maximum atomic E-state index is 13.7. The molecule has 0 aliphatic carbocycles. The van der Waals surface area contributed by atoms with E-state index in [4.69, 9.17) is 11.6 Å². The molecule has 4 heteroatoms. The summed E-state index contributed by atoms with van der Waals surface area (Å²) < 4.78 is 27.1. The van der Waals surface area contributed by atoms with Crippen LogP contribution in [0.2, 0.25) is 5.02 Å². The molecule has 0 spiro atoms. The van der Waals surface area contributed by atoms with Crippen molar-refractivity contribution in [2.24, 2.45) is 0 Å². The molecule has 20 heavy (non-hydrogen) atoms. The molecule has 2 aromatic rings. The minimum absolute atomic E-state index is 0.305. The van der Waals surface area contributed by atoms with Crippen LogP contribution in [-0.4, -0.2) is 5.78 Å². The van der Waals surface area contributed by atoms with E-state index in [9.17, 15) is 13.6 Å². The highest BCUT2D eigenvalue weighted by Gasteiger charge is 2.17. The third-order valence-corrected chi connectivity index (χ3v) is 3.27. The average Bonchev–Trinajstić information content (AvgIpc) is 2.43. The lowest BCUT2D eigenvalue weighted by atomic mass is 9.99. The van der Waals surface area contributed by atoms with Crippen molar-refractivity contribution in [1.82, 2.24) is 0 Å². The van der Waals surface area contributed by atoms with Gasteiger partial charge in [0.2, 0.25) is 0 Å². The Morgan fingerprint density at radius 1 is 1.15 bits per heavy atom. The molecule has 0 bridgehead atoms. The Hall–Kier alpha value is -1.74. The number of aryl methyl sites for hydroxylation is 1. The van der Waals surface area contributed by atoms with Gasteiger partial charge < -0.3 is 0 Å². The summed E-state index contributed by atoms with van der Waals surface area (Å²) >= 11 is 5.48. The van der Waals surface area contributed by atoms with Gasteiger partial charge in [-0.15, -0.1) is 0 Å². The summed E-state index contributed by atoms with van der Waals surface area (Å²) in [6.45, 7) is 2.03. The van der Waals surface area contributed by atoms with E-state index < -0.39 is 17.4 Å². The molecule has 0 aliphatic heterocycles. The molecule has 0 aliphatic rings. The molecule has 0 fully saturated rings. The number of hydrogen-bond donors (Lipinski definition) is 0. The van der Waals surface area contributed by atoms with Gasteiger partial charge in [-0.2, -0.15) is 0 Å². The molecule has 0 atom stereocenters. The van der Waals surface area contributed by atoms with Crippen LogP contribution in [0.1, 0.15) is 34.8 Å². The summed E-state index contributed by atoms with van der Waals surface area (Å²) in [5, 5.41) is -0.334. The van der Waals surface area contributed by atoms with Crippen LogP contribution in [0.15, 0.2) is 36.4 Å². The standard InChI is InChI=1S/C16H13ClF2O/c1-2-4-10-5-3-6-11(7-10)16(20)12-8-15(19)13(17)9-14(12)18/h3,5-9H,2,4H2,1H3. The summed E-state index contributed by atoms with van der Waals surface area (Å²) in [6.07, 6.45) is 1.78. The van der Waals surface area contributed by atoms with Gasteiger partial charge in [-0.05, 0) is 30.2 Å². The van der Waals surface area contributed by atoms with Gasteiger partial charge in [0, 0.05) is 5.56 Å². The molecule has 1 nitrogen and oxygen atoms in total. The number of halogens is 3. The Kier molecular flexibility index (Phi) is 4.50. The lowest BCUT2D eigenvalue weighted by Crippen LogP contribution is -2.06. The Labute approximate surface area is 121 Å². The lowest BCUT2D eigenvalue weighted by molar-refractivity contribution is 0.103. The van der Waals surface area contributed by atoms with E-state index in [1.54, 1.807) is 18.2 Å². The van der Waals surface area contributed by atoms with Crippen LogP contribution in [0.25, 0.3) is 0 Å². The van der Waals surface area contributed by atoms with Crippen molar-refractivity contribution in [3.8, 4) is 0 Å². The second-order valence-corrected chi connectivity index (χ2v) is 4.93. The van der Waals surface area contributed by atoms with Crippen molar-refractivity contribution in [2.75, 3.05) is 0 Å². The van der Waals surface area contributed by atoms with E-state index in [0.29, 0.717) is 5.56 Å². The fourth-order valence-electron chi connectivity index (χ4n) is 2.01. The monoisotopic (exact) mass is 294 g/mol. The summed E-state index contributed by atoms with van der Waals surface area (Å²) in [5.41, 5.74) is 1.03. The van der Waals surface area contributed by atoms with Crippen molar-refractivity contribution >= 4 is 17.4 Å². The highest BCUT2D eigenvalue weighted by atomic mass is 35.5. The predicted octanol–water partition coefficient (Wildman–Crippen LogP) is 4.80. The van der Waals surface area contributed by atoms with Crippen molar-refractivity contribution in [3.63, 3.8) is 0 Å². The molecule has 0 N–H and O–H groups in total. The fourth-order valence-corrected chi connectivity index (χ4v) is 2.16. The summed E-state index contributed by atoms with van der Waals surface area (Å²) in [4.78, 5) is 12.2. The zero-order valence-electron chi connectivity index (χ0n) is 10.9. The van der Waals surface area contributed by atoms with E-state index in [-0.39, 0.29) is 10.6 Å². The highest BCUT2D eigenvalue weighted by Crippen LogP contribution is 2.22. The quantitative estimate of drug-likeness (QED) is 0.584. The summed E-state index contributed by atoms with van der Waals surface area (Å²) in [6, 6.07) is 8.60. The maximum Gasteiger partial charge on any atom is 0.196 e. The molecule has 2 rings (SSSR count). The Balaban J connectivity index is 2.41. The van der Waals surface area contributed by atoms with Gasteiger partial charge in [-0.1, -0.05) is 43.1 Å². The van der Waals surface area contributed by atoms with Crippen LogP contribution >= 0.6 is 11.6 Å². The van der Waals surface area contributed by atoms with Crippen molar-refractivity contribution in [1.29, 1.82) is 0 Å². The van der Waals surface area contributed by atoms with Crippen LogP contribution in [0.3, 0.4) is 0 Å². The van der Waals surface area contributed by atoms with E-state index in [1.807, 2.05) is 13.0 Å². The molecule has 0 amide bonds. The van der Waals surface area contributed by atoms with E-state index in [2.05, 4.69) is 0 Å². The first-order valence-corrected chi connectivity index (χ1v) is 6.69. The molecule has 0 saturated carbocycles.